The van der Waals surface area contributed by atoms with Crippen molar-refractivity contribution in [2.75, 3.05) is 26.4 Å². The molecule has 204 valence electrons. The smallest absolute Gasteiger partial charge is 0.410 e. The number of carbonyl (C=O) groups excluding carboxylic acids is 3. The minimum absolute atomic E-state index is 0.0391. The molecule has 2 aliphatic heterocycles. The molecule has 0 unspecified atom stereocenters. The van der Waals surface area contributed by atoms with E-state index in [0.717, 1.165) is 39.6 Å². The third-order valence-electron chi connectivity index (χ3n) is 8.86. The van der Waals surface area contributed by atoms with E-state index in [2.05, 4.69) is 28.1 Å². The lowest BCUT2D eigenvalue weighted by molar-refractivity contribution is -0.147. The predicted octanol–water partition coefficient (Wildman–Crippen LogP) is 5.66. The van der Waals surface area contributed by atoms with Gasteiger partial charge in [-0.05, 0) is 70.7 Å². The average molecular weight is 602 g/mol. The summed E-state index contributed by atoms with van der Waals surface area (Å²) in [5.41, 5.74) is 5.60. The first-order valence-corrected chi connectivity index (χ1v) is 14.4. The number of benzene rings is 3. The molecular weight excluding hydrogens is 574 g/mol. The Labute approximate surface area is 240 Å². The van der Waals surface area contributed by atoms with E-state index in [1.165, 1.54) is 10.5 Å². The Kier molecular flexibility index (Phi) is 6.09. The van der Waals surface area contributed by atoms with Crippen molar-refractivity contribution in [3.63, 3.8) is 0 Å². The normalized spacial score (nSPS) is 20.5. The quantitative estimate of drug-likeness (QED) is 0.268. The summed E-state index contributed by atoms with van der Waals surface area (Å²) in [6.45, 7) is 1.36. The van der Waals surface area contributed by atoms with Gasteiger partial charge in [-0.15, -0.1) is 0 Å². The molecule has 1 saturated carbocycles. The Balaban J connectivity index is 1.03. The molecule has 1 atom stereocenters. The predicted molar refractivity (Wildman–Crippen MR) is 150 cm³/mol. The number of likely N-dealkylation sites (tertiary alicyclic amines) is 1. The molecule has 2 spiro atoms. The van der Waals surface area contributed by atoms with Crippen LogP contribution in [0, 0.1) is 5.41 Å². The molecule has 0 N–H and O–H groups in total. The van der Waals surface area contributed by atoms with E-state index in [-0.39, 0.29) is 29.8 Å². The van der Waals surface area contributed by atoms with E-state index in [4.69, 9.17) is 14.2 Å². The molecule has 7 nitrogen and oxygen atoms in total. The lowest BCUT2D eigenvalue weighted by atomic mass is 9.76. The molecule has 0 bridgehead atoms. The molecule has 0 aromatic heterocycles. The monoisotopic (exact) mass is 601 g/mol. The molecule has 1 amide bonds. The summed E-state index contributed by atoms with van der Waals surface area (Å²) in [5.74, 6) is -0.836. The summed E-state index contributed by atoms with van der Waals surface area (Å²) in [6.07, 6.45) is 1.95. The van der Waals surface area contributed by atoms with Crippen LogP contribution in [0.15, 0.2) is 71.2 Å². The molecule has 0 radical (unpaired) electrons. The number of hydrogen-bond acceptors (Lipinski definition) is 6. The van der Waals surface area contributed by atoms with Gasteiger partial charge in [0, 0.05) is 16.6 Å². The largest absolute Gasteiger partial charge is 0.456 e. The molecule has 7 rings (SSSR count). The van der Waals surface area contributed by atoms with E-state index in [0.29, 0.717) is 31.7 Å². The van der Waals surface area contributed by atoms with Crippen LogP contribution in [0.5, 0.6) is 0 Å². The van der Waals surface area contributed by atoms with Crippen molar-refractivity contribution in [2.45, 2.75) is 37.3 Å². The van der Waals surface area contributed by atoms with Crippen LogP contribution in [0.4, 0.5) is 4.79 Å². The fraction of sp³-hybridized carbons (Fsp3) is 0.344. The van der Waals surface area contributed by atoms with Gasteiger partial charge < -0.3 is 14.2 Å². The number of rotatable bonds is 6. The highest BCUT2D eigenvalue weighted by atomic mass is 79.9. The average Bonchev–Trinajstić information content (AvgIpc) is 3.49. The van der Waals surface area contributed by atoms with Gasteiger partial charge in [-0.2, -0.15) is 0 Å². The second kappa shape index (κ2) is 9.56. The Morgan fingerprint density at radius 1 is 0.925 bits per heavy atom. The highest BCUT2D eigenvalue weighted by molar-refractivity contribution is 9.10. The molecule has 3 fully saturated rings. The van der Waals surface area contributed by atoms with Crippen LogP contribution in [-0.4, -0.2) is 55.2 Å². The third kappa shape index (κ3) is 4.25. The number of halogens is 1. The van der Waals surface area contributed by atoms with Gasteiger partial charge >= 0.3 is 12.1 Å². The number of nitrogens with zero attached hydrogens (tertiary/aromatic N) is 1. The number of ether oxygens (including phenoxy) is 3. The fourth-order valence-electron chi connectivity index (χ4n) is 6.37. The van der Waals surface area contributed by atoms with Crippen LogP contribution >= 0.6 is 15.9 Å². The maximum atomic E-state index is 13.2. The van der Waals surface area contributed by atoms with Crippen LogP contribution in [0.1, 0.15) is 46.3 Å². The van der Waals surface area contributed by atoms with Gasteiger partial charge in [0.25, 0.3) is 0 Å². The molecule has 3 aromatic rings. The number of amides is 1. The van der Waals surface area contributed by atoms with Crippen LogP contribution in [0.3, 0.4) is 0 Å². The van der Waals surface area contributed by atoms with Gasteiger partial charge in [0.05, 0.1) is 18.6 Å². The molecule has 2 aliphatic carbocycles. The van der Waals surface area contributed by atoms with E-state index in [9.17, 15) is 14.4 Å². The number of ketones is 1. The summed E-state index contributed by atoms with van der Waals surface area (Å²) in [6, 6.07) is 20.6. The standard InChI is InChI=1S/C32H28BrNO6/c33-22-7-9-24-23-8-6-21(12-25(23)32(18-38-19-32)26(24)13-22)28(35)16-39-29(36)27-14-31(10-11-31)17-34(27)30(37)40-15-20-4-2-1-3-5-20/h1-9,12-13,27H,10-11,14-19H2/t27-/m0/s1. The van der Waals surface area contributed by atoms with Gasteiger partial charge in [-0.25, -0.2) is 9.59 Å². The molecule has 2 heterocycles. The van der Waals surface area contributed by atoms with Gasteiger partial charge in [0.1, 0.15) is 12.6 Å². The number of esters is 1. The van der Waals surface area contributed by atoms with Gasteiger partial charge in [-0.1, -0.05) is 64.5 Å². The minimum Gasteiger partial charge on any atom is -0.456 e. The maximum absolute atomic E-state index is 13.2. The van der Waals surface area contributed by atoms with Crippen LogP contribution in [-0.2, 0) is 31.0 Å². The lowest BCUT2D eigenvalue weighted by Crippen LogP contribution is -2.46. The maximum Gasteiger partial charge on any atom is 0.410 e. The number of carbonyl (C=O) groups is 3. The highest BCUT2D eigenvalue weighted by Crippen LogP contribution is 2.55. The number of Topliss-reactive ketones (excluding diaryl/α,β-unsaturated/α-hetero) is 1. The molecule has 2 saturated heterocycles. The molecule has 8 heteroatoms. The van der Waals surface area contributed by atoms with Gasteiger partial charge in [0.2, 0.25) is 0 Å². The summed E-state index contributed by atoms with van der Waals surface area (Å²) in [4.78, 5) is 40.8. The topological polar surface area (TPSA) is 82.1 Å². The Hall–Kier alpha value is -3.49. The SMILES string of the molecule is O=C(COC(=O)[C@@H]1CC2(CC2)CN1C(=O)OCc1ccccc1)c1ccc2c(c1)C1(COC1)c1cc(Br)ccc1-2. The van der Waals surface area contributed by atoms with Crippen molar-refractivity contribution < 1.29 is 28.6 Å². The van der Waals surface area contributed by atoms with E-state index in [1.807, 2.05) is 48.5 Å². The summed E-state index contributed by atoms with van der Waals surface area (Å²) < 4.78 is 17.7. The Morgan fingerprint density at radius 3 is 2.35 bits per heavy atom. The van der Waals surface area contributed by atoms with E-state index >= 15 is 0 Å². The van der Waals surface area contributed by atoms with Crippen molar-refractivity contribution >= 4 is 33.8 Å². The number of fused-ring (bicyclic) bond motifs is 5. The zero-order valence-electron chi connectivity index (χ0n) is 21.9. The van der Waals surface area contributed by atoms with Crippen LogP contribution in [0.25, 0.3) is 11.1 Å². The van der Waals surface area contributed by atoms with Crippen LogP contribution in [0.2, 0.25) is 0 Å². The summed E-state index contributed by atoms with van der Waals surface area (Å²) >= 11 is 3.58. The third-order valence-corrected chi connectivity index (χ3v) is 9.36. The first-order valence-electron chi connectivity index (χ1n) is 13.6. The Morgan fingerprint density at radius 2 is 1.65 bits per heavy atom. The number of hydrogen-bond donors (Lipinski definition) is 0. The van der Waals surface area contributed by atoms with Crippen molar-refractivity contribution in [1.82, 2.24) is 4.90 Å². The highest BCUT2D eigenvalue weighted by Gasteiger charge is 2.56. The van der Waals surface area contributed by atoms with Crippen molar-refractivity contribution in [3.8, 4) is 11.1 Å². The molecule has 4 aliphatic rings. The molecular formula is C32H28BrNO6. The van der Waals surface area contributed by atoms with Crippen molar-refractivity contribution in [1.29, 1.82) is 0 Å². The lowest BCUT2D eigenvalue weighted by Gasteiger charge is -2.40. The van der Waals surface area contributed by atoms with Crippen molar-refractivity contribution in [2.24, 2.45) is 5.41 Å². The second-order valence-corrected chi connectivity index (χ2v) is 12.4. The first kappa shape index (κ1) is 25.5. The molecule has 40 heavy (non-hydrogen) atoms. The first-order chi connectivity index (χ1) is 19.4. The zero-order chi connectivity index (χ0) is 27.5. The van der Waals surface area contributed by atoms with Crippen LogP contribution < -0.4 is 0 Å². The van der Waals surface area contributed by atoms with Gasteiger partial charge in [-0.3, -0.25) is 9.69 Å². The van der Waals surface area contributed by atoms with E-state index < -0.39 is 18.1 Å². The Bertz CT molecular complexity index is 1530. The summed E-state index contributed by atoms with van der Waals surface area (Å²) in [5, 5.41) is 0. The second-order valence-electron chi connectivity index (χ2n) is 11.4. The van der Waals surface area contributed by atoms with Gasteiger partial charge in [0.15, 0.2) is 12.4 Å². The van der Waals surface area contributed by atoms with Crippen molar-refractivity contribution in [3.05, 3.63) is 93.5 Å². The van der Waals surface area contributed by atoms with E-state index in [1.54, 1.807) is 6.07 Å². The zero-order valence-corrected chi connectivity index (χ0v) is 23.4. The summed E-state index contributed by atoms with van der Waals surface area (Å²) in [7, 11) is 0. The fourth-order valence-corrected chi connectivity index (χ4v) is 6.74. The molecule has 3 aromatic carbocycles. The minimum atomic E-state index is -0.748.